The van der Waals surface area contributed by atoms with Crippen LogP contribution in [0, 0.1) is 16.9 Å². The van der Waals surface area contributed by atoms with Gasteiger partial charge in [0.1, 0.15) is 28.1 Å². The Kier molecular flexibility index (Phi) is 11.7. The lowest BCUT2D eigenvalue weighted by molar-refractivity contribution is -0.605. The van der Waals surface area contributed by atoms with Gasteiger partial charge in [0.25, 0.3) is 0 Å². The number of rotatable bonds is 13. The van der Waals surface area contributed by atoms with E-state index in [1.165, 1.54) is 32.7 Å². The molecule has 13 heteroatoms. The second-order valence-corrected chi connectivity index (χ2v) is 13.9. The van der Waals surface area contributed by atoms with E-state index >= 15 is 4.39 Å². The molecule has 0 saturated carbocycles. The summed E-state index contributed by atoms with van der Waals surface area (Å²) >= 11 is 12.8. The molecular formula is C39H40Cl2FN3O7. The maximum atomic E-state index is 15.3. The molecule has 1 aromatic heterocycles. The molecule has 1 unspecified atom stereocenters. The zero-order valence-corrected chi connectivity index (χ0v) is 30.6. The molecule has 3 atom stereocenters. The quantitative estimate of drug-likeness (QED) is 0.0842. The van der Waals surface area contributed by atoms with Crippen LogP contribution < -0.4 is 19.1 Å². The molecule has 4 aromatic rings. The molecule has 0 aliphatic carbocycles. The monoisotopic (exact) mass is 751 g/mol. The van der Waals surface area contributed by atoms with Crippen molar-refractivity contribution in [1.82, 2.24) is 4.90 Å². The summed E-state index contributed by atoms with van der Waals surface area (Å²) < 4.78 is 38.8. The zero-order valence-electron chi connectivity index (χ0n) is 29.1. The minimum Gasteiger partial charge on any atom is -0.619 e. The lowest BCUT2D eigenvalue weighted by Crippen LogP contribution is -2.52. The van der Waals surface area contributed by atoms with Gasteiger partial charge >= 0.3 is 11.9 Å². The highest BCUT2D eigenvalue weighted by molar-refractivity contribution is 6.35. The lowest BCUT2D eigenvalue weighted by Gasteiger charge is -2.44. The van der Waals surface area contributed by atoms with E-state index in [2.05, 4.69) is 4.90 Å². The number of carbonyl (C=O) groups is 2. The maximum Gasteiger partial charge on any atom is 0.333 e. The van der Waals surface area contributed by atoms with Crippen molar-refractivity contribution in [2.24, 2.45) is 5.92 Å². The number of likely N-dealkylation sites (N-methyl/N-ethyl adjacent to an activating group) is 1. The molecule has 274 valence electrons. The summed E-state index contributed by atoms with van der Waals surface area (Å²) in [5.74, 6) is -0.411. The number of benzene rings is 3. The van der Waals surface area contributed by atoms with Crippen molar-refractivity contribution >= 4 is 40.8 Å². The molecule has 10 nitrogen and oxygen atoms in total. The van der Waals surface area contributed by atoms with Crippen LogP contribution in [0.2, 0.25) is 10.0 Å². The number of halogens is 3. The van der Waals surface area contributed by atoms with E-state index in [1.54, 1.807) is 72.6 Å². The number of piperidine rings is 3. The van der Waals surface area contributed by atoms with E-state index in [4.69, 9.17) is 42.1 Å². The number of ether oxygens (including phenoxy) is 4. The predicted molar refractivity (Wildman–Crippen MR) is 194 cm³/mol. The topological polar surface area (TPSA) is 104 Å². The van der Waals surface area contributed by atoms with Gasteiger partial charge in [-0.25, -0.2) is 9.18 Å². The van der Waals surface area contributed by atoms with Gasteiger partial charge in [0.2, 0.25) is 0 Å². The minimum atomic E-state index is -1.07. The Bertz CT molecular complexity index is 1900. The van der Waals surface area contributed by atoms with Crippen LogP contribution in [0.15, 0.2) is 79.1 Å². The molecule has 4 heterocycles. The first kappa shape index (κ1) is 37.2. The van der Waals surface area contributed by atoms with Crippen LogP contribution in [-0.2, 0) is 31.9 Å². The Morgan fingerprint density at radius 3 is 2.35 bits per heavy atom. The first-order valence-corrected chi connectivity index (χ1v) is 17.8. The van der Waals surface area contributed by atoms with E-state index in [0.717, 1.165) is 25.9 Å². The first-order chi connectivity index (χ1) is 25.0. The van der Waals surface area contributed by atoms with Gasteiger partial charge in [0.05, 0.1) is 20.6 Å². The lowest BCUT2D eigenvalue weighted by atomic mass is 9.86. The second-order valence-electron chi connectivity index (χ2n) is 13.1. The number of pyridine rings is 1. The molecule has 0 amide bonds. The third-order valence-electron chi connectivity index (χ3n) is 9.84. The smallest absolute Gasteiger partial charge is 0.333 e. The molecule has 3 aliphatic heterocycles. The largest absolute Gasteiger partial charge is 0.619 e. The summed E-state index contributed by atoms with van der Waals surface area (Å²) in [6.45, 7) is 2.66. The van der Waals surface area contributed by atoms with E-state index in [0.29, 0.717) is 45.2 Å². The fourth-order valence-corrected chi connectivity index (χ4v) is 7.64. The number of hydrogen-bond acceptors (Lipinski definition) is 9. The molecular weight excluding hydrogens is 712 g/mol. The van der Waals surface area contributed by atoms with Crippen molar-refractivity contribution in [3.8, 4) is 11.5 Å². The van der Waals surface area contributed by atoms with Gasteiger partial charge in [-0.05, 0) is 73.3 Å². The highest BCUT2D eigenvalue weighted by Crippen LogP contribution is 2.37. The molecule has 7 rings (SSSR count). The fourth-order valence-electron chi connectivity index (χ4n) is 7.04. The molecule has 0 spiro atoms. The number of anilines is 1. The number of nitrogens with zero attached hydrogens (tertiary/aromatic N) is 3. The molecule has 3 aromatic carbocycles. The standard InChI is InChI=1S/C39H40Cl2FN3O7/c1-43(38(28-9-4-5-10-32(28)42)39(47)52-36-23-44-15-13-25(36)14-16-44)27-8-6-7-24(17-27)18-37(46)51-34(20-29-30(40)21-45(48)22-31(29)41)26-11-12-33(49-2)35(19-26)50-3/h4-12,17,19,21-22,25,34,36,38H,13-16,18,20,23H2,1-3H3/t34-,36-,38?/m0/s1. The van der Waals surface area contributed by atoms with Crippen LogP contribution in [0.4, 0.5) is 10.1 Å². The number of fused-ring (bicyclic) bond motifs is 3. The Morgan fingerprint density at radius 1 is 0.981 bits per heavy atom. The zero-order chi connectivity index (χ0) is 36.9. The Labute approximate surface area is 312 Å². The summed E-state index contributed by atoms with van der Waals surface area (Å²) in [5, 5.41) is 12.1. The van der Waals surface area contributed by atoms with Crippen LogP contribution in [0.5, 0.6) is 11.5 Å². The van der Waals surface area contributed by atoms with Crippen LogP contribution in [0.25, 0.3) is 0 Å². The molecule has 3 saturated heterocycles. The van der Waals surface area contributed by atoms with Gasteiger partial charge in [0.15, 0.2) is 29.9 Å². The first-order valence-electron chi connectivity index (χ1n) is 17.0. The van der Waals surface area contributed by atoms with Crippen molar-refractivity contribution in [1.29, 1.82) is 0 Å². The number of esters is 2. The highest BCUT2D eigenvalue weighted by atomic mass is 35.5. The average Bonchev–Trinajstić information content (AvgIpc) is 3.13. The summed E-state index contributed by atoms with van der Waals surface area (Å²) in [6, 6.07) is 17.3. The summed E-state index contributed by atoms with van der Waals surface area (Å²) in [5.41, 5.74) is 2.38. The van der Waals surface area contributed by atoms with Crippen LogP contribution in [0.1, 0.15) is 47.2 Å². The van der Waals surface area contributed by atoms with E-state index in [9.17, 15) is 14.8 Å². The minimum absolute atomic E-state index is 0.0640. The average molecular weight is 753 g/mol. The van der Waals surface area contributed by atoms with Crippen LogP contribution in [0.3, 0.4) is 0 Å². The second kappa shape index (κ2) is 16.4. The van der Waals surface area contributed by atoms with Gasteiger partial charge in [0, 0.05) is 36.8 Å². The van der Waals surface area contributed by atoms with Crippen LogP contribution >= 0.6 is 23.2 Å². The van der Waals surface area contributed by atoms with E-state index in [1.807, 2.05) is 0 Å². The van der Waals surface area contributed by atoms with Crippen molar-refractivity contribution in [2.45, 2.75) is 43.9 Å². The van der Waals surface area contributed by atoms with Crippen LogP contribution in [-0.4, -0.2) is 63.8 Å². The van der Waals surface area contributed by atoms with Gasteiger partial charge < -0.3 is 29.1 Å². The van der Waals surface area contributed by atoms with E-state index < -0.39 is 29.9 Å². The van der Waals surface area contributed by atoms with Crippen molar-refractivity contribution in [2.75, 3.05) is 45.8 Å². The molecule has 3 fully saturated rings. The number of hydrogen-bond donors (Lipinski definition) is 0. The third-order valence-corrected chi connectivity index (χ3v) is 10.5. The molecule has 3 aliphatic rings. The Morgan fingerprint density at radius 2 is 1.69 bits per heavy atom. The van der Waals surface area contributed by atoms with Crippen molar-refractivity contribution in [3.05, 3.63) is 122 Å². The molecule has 2 bridgehead atoms. The van der Waals surface area contributed by atoms with Crippen molar-refractivity contribution < 1.29 is 37.7 Å². The molecule has 0 radical (unpaired) electrons. The molecule has 52 heavy (non-hydrogen) atoms. The van der Waals surface area contributed by atoms with Gasteiger partial charge in [-0.15, -0.1) is 0 Å². The highest BCUT2D eigenvalue weighted by Gasteiger charge is 2.39. The summed E-state index contributed by atoms with van der Waals surface area (Å²) in [7, 11) is 4.72. The third kappa shape index (κ3) is 8.38. The maximum absolute atomic E-state index is 15.3. The normalized spacial score (nSPS) is 19.0. The van der Waals surface area contributed by atoms with Gasteiger partial charge in [-0.1, -0.05) is 59.6 Å². The number of carbonyl (C=O) groups excluding carboxylic acids is 2. The SMILES string of the molecule is COc1ccc([C@H](Cc2c(Cl)c[n+]([O-])cc2Cl)OC(=O)Cc2cccc(N(C)C(C(=O)O[C@H]3CN4CCC3CC4)c3ccccc3F)c2)cc1OC. The summed E-state index contributed by atoms with van der Waals surface area (Å²) in [6.07, 6.45) is 3.11. The fraction of sp³-hybridized carbons (Fsp3) is 0.359. The van der Waals surface area contributed by atoms with E-state index in [-0.39, 0.29) is 40.5 Å². The summed E-state index contributed by atoms with van der Waals surface area (Å²) in [4.78, 5) is 31.5. The number of aromatic nitrogens is 1. The molecule has 0 N–H and O–H groups in total. The number of methoxy groups -OCH3 is 2. The predicted octanol–water partition coefficient (Wildman–Crippen LogP) is 6.67. The Hall–Kier alpha value is -4.58. The van der Waals surface area contributed by atoms with Gasteiger partial charge in [-0.2, -0.15) is 4.73 Å². The van der Waals surface area contributed by atoms with Crippen molar-refractivity contribution in [3.63, 3.8) is 0 Å². The van der Waals surface area contributed by atoms with Gasteiger partial charge in [-0.3, -0.25) is 9.69 Å². The Balaban J connectivity index is 1.24.